The monoisotopic (exact) mass is 208 g/mol. The zero-order valence-electron chi connectivity index (χ0n) is 8.89. The molecule has 1 saturated heterocycles. The highest BCUT2D eigenvalue weighted by Crippen LogP contribution is 2.11. The van der Waals surface area contributed by atoms with E-state index >= 15 is 0 Å². The predicted molar refractivity (Wildman–Crippen MR) is 56.4 cm³/mol. The van der Waals surface area contributed by atoms with Crippen molar-refractivity contribution < 1.29 is 14.2 Å². The van der Waals surface area contributed by atoms with E-state index in [1.807, 2.05) is 25.1 Å². The van der Waals surface area contributed by atoms with Gasteiger partial charge < -0.3 is 14.2 Å². The second kappa shape index (κ2) is 5.26. The van der Waals surface area contributed by atoms with Crippen LogP contribution in [0.1, 0.15) is 12.5 Å². The molecule has 2 atom stereocenters. The molecule has 82 valence electrons. The summed E-state index contributed by atoms with van der Waals surface area (Å²) in [7, 11) is 0. The van der Waals surface area contributed by atoms with Crippen molar-refractivity contribution in [3.8, 4) is 0 Å². The topological polar surface area (TPSA) is 27.7 Å². The molecule has 0 amide bonds. The van der Waals surface area contributed by atoms with E-state index in [0.717, 1.165) is 0 Å². The van der Waals surface area contributed by atoms with Crippen molar-refractivity contribution in [3.05, 3.63) is 35.9 Å². The van der Waals surface area contributed by atoms with Gasteiger partial charge in [-0.3, -0.25) is 0 Å². The number of benzene rings is 1. The molecule has 0 aliphatic carbocycles. The van der Waals surface area contributed by atoms with Crippen LogP contribution in [-0.2, 0) is 20.8 Å². The van der Waals surface area contributed by atoms with Gasteiger partial charge in [0, 0.05) is 0 Å². The Morgan fingerprint density at radius 2 is 2.13 bits per heavy atom. The molecule has 1 aliphatic heterocycles. The molecule has 0 aromatic heterocycles. The van der Waals surface area contributed by atoms with Crippen molar-refractivity contribution in [2.45, 2.75) is 25.9 Å². The van der Waals surface area contributed by atoms with E-state index in [1.54, 1.807) is 0 Å². The fourth-order valence-electron chi connectivity index (χ4n) is 1.56. The first-order valence-corrected chi connectivity index (χ1v) is 5.23. The summed E-state index contributed by atoms with van der Waals surface area (Å²) in [5.41, 5.74) is 1.18. The Balaban J connectivity index is 1.67. The maximum absolute atomic E-state index is 5.55. The number of ether oxygens (including phenoxy) is 3. The summed E-state index contributed by atoms with van der Waals surface area (Å²) in [6.07, 6.45) is -0.000891. The Morgan fingerprint density at radius 3 is 2.80 bits per heavy atom. The van der Waals surface area contributed by atoms with Gasteiger partial charge in [-0.1, -0.05) is 30.3 Å². The van der Waals surface area contributed by atoms with Crippen LogP contribution in [0.25, 0.3) is 0 Å². The lowest BCUT2D eigenvalue weighted by Crippen LogP contribution is -2.18. The molecule has 1 fully saturated rings. The third kappa shape index (κ3) is 3.30. The van der Waals surface area contributed by atoms with Crippen molar-refractivity contribution in [2.24, 2.45) is 0 Å². The highest BCUT2D eigenvalue weighted by atomic mass is 16.7. The smallest absolute Gasteiger partial charge is 0.155 e. The number of hydrogen-bond donors (Lipinski definition) is 0. The quantitative estimate of drug-likeness (QED) is 0.757. The molecule has 1 aliphatic rings. The van der Waals surface area contributed by atoms with Gasteiger partial charge in [-0.25, -0.2) is 0 Å². The molecule has 0 spiro atoms. The molecule has 0 bridgehead atoms. The summed E-state index contributed by atoms with van der Waals surface area (Å²) in [4.78, 5) is 0. The van der Waals surface area contributed by atoms with Gasteiger partial charge in [0.15, 0.2) is 6.29 Å². The van der Waals surface area contributed by atoms with E-state index in [4.69, 9.17) is 14.2 Å². The van der Waals surface area contributed by atoms with Gasteiger partial charge in [-0.2, -0.15) is 0 Å². The van der Waals surface area contributed by atoms with Crippen LogP contribution in [0.2, 0.25) is 0 Å². The van der Waals surface area contributed by atoms with E-state index in [9.17, 15) is 0 Å². The molecule has 0 saturated carbocycles. The molecule has 0 unspecified atom stereocenters. The Bertz CT molecular complexity index is 286. The summed E-state index contributed by atoms with van der Waals surface area (Å²) >= 11 is 0. The van der Waals surface area contributed by atoms with Crippen LogP contribution in [0.3, 0.4) is 0 Å². The zero-order chi connectivity index (χ0) is 10.5. The minimum Gasteiger partial charge on any atom is -0.374 e. The van der Waals surface area contributed by atoms with Crippen LogP contribution in [0.5, 0.6) is 0 Å². The van der Waals surface area contributed by atoms with E-state index in [1.165, 1.54) is 5.56 Å². The Hall–Kier alpha value is -0.900. The highest BCUT2D eigenvalue weighted by molar-refractivity contribution is 5.13. The summed E-state index contributed by atoms with van der Waals surface area (Å²) in [6, 6.07) is 10.1. The molecule has 1 heterocycles. The maximum Gasteiger partial charge on any atom is 0.155 e. The number of hydrogen-bond acceptors (Lipinski definition) is 3. The van der Waals surface area contributed by atoms with Crippen LogP contribution in [0.4, 0.5) is 0 Å². The molecule has 0 radical (unpaired) electrons. The zero-order valence-corrected chi connectivity index (χ0v) is 8.89. The van der Waals surface area contributed by atoms with Crippen LogP contribution >= 0.6 is 0 Å². The van der Waals surface area contributed by atoms with Gasteiger partial charge in [0.1, 0.15) is 6.10 Å². The SMILES string of the molecule is C[C@@H]1OC[C@H](COCc2ccccc2)O1. The first kappa shape index (κ1) is 10.6. The summed E-state index contributed by atoms with van der Waals surface area (Å²) in [5.74, 6) is 0. The third-order valence-corrected chi connectivity index (χ3v) is 2.32. The average Bonchev–Trinajstić information content (AvgIpc) is 2.66. The van der Waals surface area contributed by atoms with Gasteiger partial charge >= 0.3 is 0 Å². The van der Waals surface area contributed by atoms with Gasteiger partial charge in [-0.05, 0) is 12.5 Å². The average molecular weight is 208 g/mol. The summed E-state index contributed by atoms with van der Waals surface area (Å²) in [6.45, 7) is 3.77. The second-order valence-corrected chi connectivity index (χ2v) is 3.66. The molecule has 3 nitrogen and oxygen atoms in total. The molecule has 15 heavy (non-hydrogen) atoms. The lowest BCUT2D eigenvalue weighted by Gasteiger charge is -2.09. The fourth-order valence-corrected chi connectivity index (χ4v) is 1.56. The van der Waals surface area contributed by atoms with Gasteiger partial charge in [0.05, 0.1) is 19.8 Å². The Kier molecular flexibility index (Phi) is 3.72. The molecule has 3 heteroatoms. The van der Waals surface area contributed by atoms with Gasteiger partial charge in [0.2, 0.25) is 0 Å². The third-order valence-electron chi connectivity index (χ3n) is 2.32. The molecular weight excluding hydrogens is 192 g/mol. The normalized spacial score (nSPS) is 25.7. The molecule has 2 rings (SSSR count). The predicted octanol–water partition coefficient (Wildman–Crippen LogP) is 1.96. The fraction of sp³-hybridized carbons (Fsp3) is 0.500. The minimum absolute atomic E-state index is 0.0868. The summed E-state index contributed by atoms with van der Waals surface area (Å²) < 4.78 is 16.3. The first-order chi connectivity index (χ1) is 7.34. The second-order valence-electron chi connectivity index (χ2n) is 3.66. The summed E-state index contributed by atoms with van der Waals surface area (Å²) in [5, 5.41) is 0. The maximum atomic E-state index is 5.55. The van der Waals surface area contributed by atoms with E-state index in [0.29, 0.717) is 19.8 Å². The molecule has 1 aromatic carbocycles. The van der Waals surface area contributed by atoms with E-state index in [2.05, 4.69) is 12.1 Å². The van der Waals surface area contributed by atoms with Crippen LogP contribution in [0, 0.1) is 0 Å². The van der Waals surface area contributed by atoms with Crippen molar-refractivity contribution >= 4 is 0 Å². The Labute approximate surface area is 90.0 Å². The molecule has 1 aromatic rings. The van der Waals surface area contributed by atoms with E-state index < -0.39 is 0 Å². The van der Waals surface area contributed by atoms with Crippen molar-refractivity contribution in [1.82, 2.24) is 0 Å². The van der Waals surface area contributed by atoms with Crippen molar-refractivity contribution in [2.75, 3.05) is 13.2 Å². The van der Waals surface area contributed by atoms with Gasteiger partial charge in [-0.15, -0.1) is 0 Å². The van der Waals surface area contributed by atoms with Crippen LogP contribution in [0.15, 0.2) is 30.3 Å². The standard InChI is InChI=1S/C12H16O3/c1-10-14-9-12(15-10)8-13-7-11-5-3-2-4-6-11/h2-6,10,12H,7-9H2,1H3/t10-,12+/m1/s1. The lowest BCUT2D eigenvalue weighted by atomic mass is 10.2. The Morgan fingerprint density at radius 1 is 1.33 bits per heavy atom. The van der Waals surface area contributed by atoms with E-state index in [-0.39, 0.29) is 12.4 Å². The largest absolute Gasteiger partial charge is 0.374 e. The molecule has 0 N–H and O–H groups in total. The van der Waals surface area contributed by atoms with Crippen molar-refractivity contribution in [1.29, 1.82) is 0 Å². The lowest BCUT2D eigenvalue weighted by molar-refractivity contribution is -0.0598. The van der Waals surface area contributed by atoms with Crippen molar-refractivity contribution in [3.63, 3.8) is 0 Å². The molecular formula is C12H16O3. The number of rotatable bonds is 4. The highest BCUT2D eigenvalue weighted by Gasteiger charge is 2.22. The van der Waals surface area contributed by atoms with Crippen LogP contribution < -0.4 is 0 Å². The minimum atomic E-state index is -0.0877. The van der Waals surface area contributed by atoms with Crippen LogP contribution in [-0.4, -0.2) is 25.6 Å². The first-order valence-electron chi connectivity index (χ1n) is 5.23. The van der Waals surface area contributed by atoms with Gasteiger partial charge in [0.25, 0.3) is 0 Å².